The minimum Gasteiger partial charge on any atom is -0.288 e. The maximum atomic E-state index is 13.2. The number of hydrogen-bond donors (Lipinski definition) is 0. The molecule has 0 N–H and O–H groups in total. The lowest BCUT2D eigenvalue weighted by Gasteiger charge is -1.99. The monoisotopic (exact) mass is 260 g/mol. The summed E-state index contributed by atoms with van der Waals surface area (Å²) in [5.74, 6) is -2.53. The Bertz CT molecular complexity index is 444. The van der Waals surface area contributed by atoms with Gasteiger partial charge < -0.3 is 0 Å². The largest absolute Gasteiger partial charge is 0.288 e. The molecule has 17 heavy (non-hydrogen) atoms. The first kappa shape index (κ1) is 13.8. The van der Waals surface area contributed by atoms with E-state index in [0.29, 0.717) is 18.2 Å². The third kappa shape index (κ3) is 4.65. The number of thioether (sulfide) groups is 1. The van der Waals surface area contributed by atoms with Gasteiger partial charge in [0.05, 0.1) is 0 Å². The molecule has 0 aromatic heterocycles. The zero-order chi connectivity index (χ0) is 12.8. The number of benzene rings is 1. The average molecular weight is 260 g/mol. The lowest BCUT2D eigenvalue weighted by Crippen LogP contribution is -1.91. The fourth-order valence-electron chi connectivity index (χ4n) is 1.18. The summed E-state index contributed by atoms with van der Waals surface area (Å²) < 4.78 is 38.8. The molecule has 0 aliphatic carbocycles. The van der Waals surface area contributed by atoms with Crippen LogP contribution < -0.4 is 0 Å². The molecule has 1 aromatic rings. The summed E-state index contributed by atoms with van der Waals surface area (Å²) in [5, 5.41) is 0.00128. The van der Waals surface area contributed by atoms with Crippen LogP contribution in [0.25, 0.3) is 6.08 Å². The van der Waals surface area contributed by atoms with Gasteiger partial charge in [0.15, 0.2) is 16.7 Å². The van der Waals surface area contributed by atoms with Crippen LogP contribution in [0.5, 0.6) is 0 Å². The van der Waals surface area contributed by atoms with Crippen molar-refractivity contribution >= 4 is 23.0 Å². The van der Waals surface area contributed by atoms with Gasteiger partial charge in [0.2, 0.25) is 0 Å². The van der Waals surface area contributed by atoms with Gasteiger partial charge in [-0.15, -0.1) is 0 Å². The molecule has 1 aromatic carbocycles. The molecule has 0 saturated heterocycles. The predicted octanol–water partition coefficient (Wildman–Crippen LogP) is 3.79. The van der Waals surface area contributed by atoms with Crippen molar-refractivity contribution in [1.29, 1.82) is 0 Å². The molecule has 0 spiro atoms. The number of hydrogen-bond acceptors (Lipinski definition) is 2. The summed E-state index contributed by atoms with van der Waals surface area (Å²) in [7, 11) is 0. The molecule has 1 nitrogen and oxygen atoms in total. The van der Waals surface area contributed by atoms with Crippen molar-refractivity contribution in [3.8, 4) is 0 Å². The Balaban J connectivity index is 2.62. The number of rotatable bonds is 4. The zero-order valence-corrected chi connectivity index (χ0v) is 9.99. The van der Waals surface area contributed by atoms with Gasteiger partial charge in [-0.05, 0) is 12.5 Å². The topological polar surface area (TPSA) is 17.1 Å². The van der Waals surface area contributed by atoms with Crippen molar-refractivity contribution < 1.29 is 18.0 Å². The Morgan fingerprint density at radius 3 is 2.71 bits per heavy atom. The normalized spacial score (nSPS) is 11.1. The van der Waals surface area contributed by atoms with E-state index in [1.807, 2.05) is 0 Å². The molecule has 1 rings (SSSR count). The molecule has 0 amide bonds. The maximum Gasteiger partial charge on any atom is 0.185 e. The second-order valence-electron chi connectivity index (χ2n) is 3.32. The average Bonchev–Trinajstić information content (AvgIpc) is 2.23. The van der Waals surface area contributed by atoms with E-state index in [4.69, 9.17) is 0 Å². The lowest BCUT2D eigenvalue weighted by atomic mass is 10.2. The van der Waals surface area contributed by atoms with Gasteiger partial charge in [-0.1, -0.05) is 23.9 Å². The van der Waals surface area contributed by atoms with Crippen molar-refractivity contribution in [3.05, 3.63) is 41.2 Å². The van der Waals surface area contributed by atoms with Crippen LogP contribution in [0.15, 0.2) is 18.2 Å². The fourth-order valence-corrected chi connectivity index (χ4v) is 1.72. The predicted molar refractivity (Wildman–Crippen MR) is 63.1 cm³/mol. The van der Waals surface area contributed by atoms with Gasteiger partial charge in [0.25, 0.3) is 0 Å². The van der Waals surface area contributed by atoms with E-state index in [-0.39, 0.29) is 10.7 Å². The lowest BCUT2D eigenvalue weighted by molar-refractivity contribution is -0.109. The quantitative estimate of drug-likeness (QED) is 0.605. The van der Waals surface area contributed by atoms with Crippen LogP contribution in [0.2, 0.25) is 0 Å². The van der Waals surface area contributed by atoms with Crippen LogP contribution in [-0.4, -0.2) is 10.9 Å². The summed E-state index contributed by atoms with van der Waals surface area (Å²) in [6.45, 7) is 1.45. The highest BCUT2D eigenvalue weighted by Crippen LogP contribution is 2.16. The number of allylic oxidation sites excluding steroid dienone is 1. The molecule has 0 aliphatic rings. The van der Waals surface area contributed by atoms with Gasteiger partial charge in [-0.25, -0.2) is 13.2 Å². The first-order valence-corrected chi connectivity index (χ1v) is 5.93. The van der Waals surface area contributed by atoms with E-state index in [1.165, 1.54) is 13.0 Å². The summed E-state index contributed by atoms with van der Waals surface area (Å²) in [5.41, 5.74) is -0.129. The molecule has 0 atom stereocenters. The second-order valence-corrected chi connectivity index (χ2v) is 4.59. The van der Waals surface area contributed by atoms with Crippen LogP contribution in [0.4, 0.5) is 13.2 Å². The van der Waals surface area contributed by atoms with Crippen molar-refractivity contribution in [2.45, 2.75) is 13.3 Å². The first-order chi connectivity index (χ1) is 8.00. The minimum absolute atomic E-state index is 0.00128. The third-order valence-corrected chi connectivity index (χ3v) is 2.75. The van der Waals surface area contributed by atoms with Crippen molar-refractivity contribution in [1.82, 2.24) is 0 Å². The van der Waals surface area contributed by atoms with Crippen LogP contribution in [0.3, 0.4) is 0 Å². The molecular weight excluding hydrogens is 249 g/mol. The Labute approximate surface area is 102 Å². The summed E-state index contributed by atoms with van der Waals surface area (Å²) in [6.07, 6.45) is 3.41. The van der Waals surface area contributed by atoms with Crippen LogP contribution in [-0.2, 0) is 4.79 Å². The molecule has 0 radical (unpaired) electrons. The maximum absolute atomic E-state index is 13.2. The van der Waals surface area contributed by atoms with E-state index < -0.39 is 17.5 Å². The highest BCUT2D eigenvalue weighted by atomic mass is 32.2. The third-order valence-electron chi connectivity index (χ3n) is 1.91. The molecule has 0 heterocycles. The molecule has 92 valence electrons. The fraction of sp³-hybridized carbons (Fsp3) is 0.250. The van der Waals surface area contributed by atoms with Crippen molar-refractivity contribution in [3.63, 3.8) is 0 Å². The molecule has 5 heteroatoms. The van der Waals surface area contributed by atoms with E-state index in [1.54, 1.807) is 6.08 Å². The van der Waals surface area contributed by atoms with Gasteiger partial charge in [-0.3, -0.25) is 4.79 Å². The van der Waals surface area contributed by atoms with Gasteiger partial charge in [0, 0.05) is 24.3 Å². The Morgan fingerprint density at radius 2 is 2.06 bits per heavy atom. The second kappa shape index (κ2) is 6.49. The van der Waals surface area contributed by atoms with Crippen LogP contribution in [0.1, 0.15) is 18.9 Å². The highest BCUT2D eigenvalue weighted by molar-refractivity contribution is 8.13. The van der Waals surface area contributed by atoms with E-state index in [9.17, 15) is 18.0 Å². The summed E-state index contributed by atoms with van der Waals surface area (Å²) in [6, 6.07) is 1.42. The number of carbonyl (C=O) groups is 1. The Morgan fingerprint density at radius 1 is 1.35 bits per heavy atom. The van der Waals surface area contributed by atoms with E-state index in [2.05, 4.69) is 0 Å². The first-order valence-electron chi connectivity index (χ1n) is 4.95. The van der Waals surface area contributed by atoms with Crippen LogP contribution >= 0.6 is 11.8 Å². The van der Waals surface area contributed by atoms with Crippen molar-refractivity contribution in [2.75, 3.05) is 5.75 Å². The number of halogens is 3. The smallest absolute Gasteiger partial charge is 0.185 e. The number of carbonyl (C=O) groups excluding carboxylic acids is 1. The Hall–Kier alpha value is -1.23. The molecule has 0 aliphatic heterocycles. The molecular formula is C12H11F3OS. The van der Waals surface area contributed by atoms with Gasteiger partial charge in [0.1, 0.15) is 5.82 Å². The molecule has 0 saturated carbocycles. The highest BCUT2D eigenvalue weighted by Gasteiger charge is 2.08. The zero-order valence-electron chi connectivity index (χ0n) is 9.17. The van der Waals surface area contributed by atoms with E-state index in [0.717, 1.165) is 17.8 Å². The van der Waals surface area contributed by atoms with Gasteiger partial charge >= 0.3 is 0 Å². The minimum atomic E-state index is -1.21. The molecule has 0 bridgehead atoms. The van der Waals surface area contributed by atoms with Gasteiger partial charge in [-0.2, -0.15) is 0 Å². The Kier molecular flexibility index (Phi) is 5.28. The molecule has 0 fully saturated rings. The SMILES string of the molecule is CC(=O)SCCC=Cc1cc(F)cc(F)c1F. The molecule has 0 unspecified atom stereocenters. The van der Waals surface area contributed by atoms with Crippen LogP contribution in [0, 0.1) is 17.5 Å². The summed E-state index contributed by atoms with van der Waals surface area (Å²) >= 11 is 1.14. The van der Waals surface area contributed by atoms with Crippen molar-refractivity contribution in [2.24, 2.45) is 0 Å². The summed E-state index contributed by atoms with van der Waals surface area (Å²) in [4.78, 5) is 10.6. The standard InChI is InChI=1S/C12H11F3OS/c1-8(16)17-5-3-2-4-9-6-10(13)7-11(14)12(9)15/h2,4,6-7H,3,5H2,1H3. The van der Waals surface area contributed by atoms with E-state index >= 15 is 0 Å².